The van der Waals surface area contributed by atoms with Crippen LogP contribution < -0.4 is 15.3 Å². The van der Waals surface area contributed by atoms with E-state index < -0.39 is 74.1 Å². The number of nitrogen functional groups attached to an aromatic ring is 1. The van der Waals surface area contributed by atoms with Crippen molar-refractivity contribution < 1.29 is 46.9 Å². The van der Waals surface area contributed by atoms with Gasteiger partial charge in [-0.15, -0.1) is 0 Å². The van der Waals surface area contributed by atoms with Crippen LogP contribution in [0.3, 0.4) is 0 Å². The first-order chi connectivity index (χ1) is 27.4. The predicted octanol–water partition coefficient (Wildman–Crippen LogP) is 6.70. The lowest BCUT2D eigenvalue weighted by Crippen LogP contribution is -2.47. The summed E-state index contributed by atoms with van der Waals surface area (Å²) < 4.78 is 52.6. The van der Waals surface area contributed by atoms with Gasteiger partial charge in [0, 0.05) is 0 Å². The van der Waals surface area contributed by atoms with Crippen molar-refractivity contribution in [3.8, 4) is 11.8 Å². The molecule has 1 aromatic carbocycles. The Bertz CT molecular complexity index is 2000. The van der Waals surface area contributed by atoms with E-state index in [9.17, 15) is 24.2 Å². The van der Waals surface area contributed by atoms with Gasteiger partial charge in [-0.1, -0.05) is 79.9 Å². The summed E-state index contributed by atoms with van der Waals surface area (Å²) in [5, 5.41) is 18.0. The number of ether oxygens (including phenoxy) is 4. The molecule has 2 aliphatic rings. The van der Waals surface area contributed by atoms with Crippen LogP contribution in [0.5, 0.6) is 5.75 Å². The number of nitrogens with zero attached hydrogens (tertiary/aromatic N) is 4. The highest BCUT2D eigenvalue weighted by molar-refractivity contribution is 7.52. The number of rotatable bonds is 14. The first-order valence-electron chi connectivity index (χ1n) is 20.0. The minimum Gasteiger partial charge on any atom is -0.461 e. The number of hydrogen-bond acceptors (Lipinski definition) is 14. The van der Waals surface area contributed by atoms with E-state index in [1.165, 1.54) is 23.8 Å². The number of nitrogens with two attached hydrogens (primary N) is 1. The SMILES string of the molecule is CC(C)C(=O)O[C@H]1[C@@H](OC(=O)C(C)C)[C@](C#N)(c2ccc3c(N)ncnn23)O[C@@H]1COP(=O)(N[C@@H](C)C(=O)OC1CCCCCCC1)Oc1ccc(C(C)(C)C)cc1. The molecule has 3 N–H and O–H groups in total. The van der Waals surface area contributed by atoms with Crippen LogP contribution in [0, 0.1) is 23.2 Å². The third-order valence-electron chi connectivity index (χ3n) is 10.3. The lowest BCUT2D eigenvalue weighted by Gasteiger charge is -2.29. The van der Waals surface area contributed by atoms with Gasteiger partial charge in [0.05, 0.1) is 24.1 Å². The molecule has 2 fully saturated rings. The topological polar surface area (TPSA) is 216 Å². The molecule has 1 aliphatic heterocycles. The van der Waals surface area contributed by atoms with Gasteiger partial charge in [0.25, 0.3) is 0 Å². The zero-order chi connectivity index (χ0) is 42.4. The molecule has 3 aromatic rings. The van der Waals surface area contributed by atoms with Crippen molar-refractivity contribution in [2.24, 2.45) is 11.8 Å². The molecule has 0 amide bonds. The molecule has 58 heavy (non-hydrogen) atoms. The number of carbonyl (C=O) groups excluding carboxylic acids is 3. The van der Waals surface area contributed by atoms with E-state index in [0.29, 0.717) is 5.52 Å². The van der Waals surface area contributed by atoms with E-state index in [2.05, 4.69) is 42.0 Å². The fourth-order valence-electron chi connectivity index (χ4n) is 6.84. The van der Waals surface area contributed by atoms with Gasteiger partial charge in [-0.3, -0.25) is 18.9 Å². The zero-order valence-corrected chi connectivity index (χ0v) is 35.5. The zero-order valence-electron chi connectivity index (χ0n) is 34.6. The molecule has 16 nitrogen and oxygen atoms in total. The summed E-state index contributed by atoms with van der Waals surface area (Å²) >= 11 is 0. The summed E-state index contributed by atoms with van der Waals surface area (Å²) in [4.78, 5) is 44.1. The van der Waals surface area contributed by atoms with Crippen molar-refractivity contribution in [2.75, 3.05) is 12.3 Å². The highest BCUT2D eigenvalue weighted by atomic mass is 31.2. The van der Waals surface area contributed by atoms with Crippen molar-refractivity contribution in [2.45, 2.75) is 142 Å². The van der Waals surface area contributed by atoms with Crippen LogP contribution in [0.25, 0.3) is 5.52 Å². The fraction of sp³-hybridized carbons (Fsp3) is 0.610. The number of aromatic nitrogens is 3. The number of esters is 3. The van der Waals surface area contributed by atoms with E-state index in [1.807, 2.05) is 12.1 Å². The fourth-order valence-corrected chi connectivity index (χ4v) is 8.35. The molecule has 1 saturated heterocycles. The van der Waals surface area contributed by atoms with Crippen LogP contribution in [0.1, 0.15) is 112 Å². The molecule has 0 radical (unpaired) electrons. The number of anilines is 1. The molecule has 0 bridgehead atoms. The standard InChI is InChI=1S/C41H57N6O10P/c1-25(2)37(48)54-34-32(56-41(23-42,35(34)55-38(49)26(3)4)33-21-20-31-36(43)44-24-45-47(31)33)22-52-58(51,57-30-18-16-28(17-19-30)40(6,7)8)46-27(5)39(50)53-29-14-12-10-9-11-13-15-29/h16-21,24-27,29,32,34-35H,9-15,22H2,1-8H3,(H,46,51)(H2,43,44,45)/t27-,32+,34+,35+,41-,58?/m0/s1. The maximum Gasteiger partial charge on any atom is 0.459 e. The minimum atomic E-state index is -4.53. The monoisotopic (exact) mass is 824 g/mol. The molecule has 316 valence electrons. The Balaban J connectivity index is 1.52. The van der Waals surface area contributed by atoms with Gasteiger partial charge >= 0.3 is 25.7 Å². The van der Waals surface area contributed by atoms with Crippen molar-refractivity contribution >= 4 is 37.0 Å². The largest absolute Gasteiger partial charge is 0.461 e. The number of carbonyl (C=O) groups is 3. The van der Waals surface area contributed by atoms with Crippen molar-refractivity contribution in [3.05, 3.63) is 54.0 Å². The molecule has 5 rings (SSSR count). The first kappa shape index (κ1) is 44.6. The summed E-state index contributed by atoms with van der Waals surface area (Å²) in [6.45, 7) is 13.5. The highest BCUT2D eigenvalue weighted by Gasteiger charge is 2.63. The molecule has 1 saturated carbocycles. The van der Waals surface area contributed by atoms with Crippen molar-refractivity contribution in [1.82, 2.24) is 19.7 Å². The maximum absolute atomic E-state index is 14.9. The van der Waals surface area contributed by atoms with Gasteiger partial charge in [0.1, 0.15) is 41.9 Å². The summed E-state index contributed by atoms with van der Waals surface area (Å²) in [6, 6.07) is 11.0. The average molecular weight is 825 g/mol. The first-order valence-corrected chi connectivity index (χ1v) is 21.5. The number of nitrogens with one attached hydrogen (secondary N) is 1. The molecular formula is C41H57N6O10P. The normalized spacial score (nSPS) is 23.4. The number of benzene rings is 1. The molecule has 3 heterocycles. The van der Waals surface area contributed by atoms with E-state index in [-0.39, 0.29) is 28.8 Å². The Hall–Kier alpha value is -4.55. The number of fused-ring (bicyclic) bond motifs is 1. The summed E-state index contributed by atoms with van der Waals surface area (Å²) in [6.07, 6.45) is 3.11. The molecule has 1 aliphatic carbocycles. The molecule has 2 aromatic heterocycles. The summed E-state index contributed by atoms with van der Waals surface area (Å²) in [5.74, 6) is -3.04. The molecule has 1 unspecified atom stereocenters. The van der Waals surface area contributed by atoms with Gasteiger partial charge in [0.15, 0.2) is 18.0 Å². The third kappa shape index (κ3) is 10.4. The van der Waals surface area contributed by atoms with Gasteiger partial charge < -0.3 is 29.2 Å². The van der Waals surface area contributed by atoms with Crippen molar-refractivity contribution in [1.29, 1.82) is 5.26 Å². The van der Waals surface area contributed by atoms with Crippen LogP contribution in [-0.2, 0) is 53.4 Å². The minimum absolute atomic E-state index is 0.0934. The predicted molar refractivity (Wildman–Crippen MR) is 213 cm³/mol. The Morgan fingerprint density at radius 1 is 0.948 bits per heavy atom. The lowest BCUT2D eigenvalue weighted by atomic mass is 9.87. The molecule has 17 heteroatoms. The lowest BCUT2D eigenvalue weighted by molar-refractivity contribution is -0.173. The number of hydrogen-bond donors (Lipinski definition) is 2. The maximum atomic E-state index is 14.9. The summed E-state index contributed by atoms with van der Waals surface area (Å²) in [5.41, 5.74) is 5.20. The van der Waals surface area contributed by atoms with Gasteiger partial charge in [-0.05, 0) is 67.9 Å². The summed E-state index contributed by atoms with van der Waals surface area (Å²) in [7, 11) is -4.53. The van der Waals surface area contributed by atoms with Crippen LogP contribution in [0.4, 0.5) is 5.82 Å². The Morgan fingerprint density at radius 3 is 2.17 bits per heavy atom. The van der Waals surface area contributed by atoms with Crippen LogP contribution in [0.15, 0.2) is 42.7 Å². The van der Waals surface area contributed by atoms with E-state index >= 15 is 0 Å². The second-order valence-corrected chi connectivity index (χ2v) is 18.3. The van der Waals surface area contributed by atoms with Crippen LogP contribution in [0.2, 0.25) is 0 Å². The van der Waals surface area contributed by atoms with E-state index in [4.69, 9.17) is 33.7 Å². The second-order valence-electron chi connectivity index (χ2n) is 16.6. The third-order valence-corrected chi connectivity index (χ3v) is 11.9. The Labute approximate surface area is 340 Å². The average Bonchev–Trinajstić information content (AvgIpc) is 3.72. The van der Waals surface area contributed by atoms with Crippen LogP contribution >= 0.6 is 7.75 Å². The van der Waals surface area contributed by atoms with Gasteiger partial charge in [0.2, 0.25) is 5.60 Å². The molecule has 0 spiro atoms. The van der Waals surface area contributed by atoms with Gasteiger partial charge in [-0.2, -0.15) is 15.4 Å². The van der Waals surface area contributed by atoms with E-state index in [1.54, 1.807) is 45.9 Å². The van der Waals surface area contributed by atoms with E-state index in [0.717, 1.165) is 50.5 Å². The molecular weight excluding hydrogens is 767 g/mol. The smallest absolute Gasteiger partial charge is 0.459 e. The molecule has 6 atom stereocenters. The Morgan fingerprint density at radius 2 is 1.57 bits per heavy atom. The van der Waals surface area contributed by atoms with Crippen LogP contribution in [-0.4, -0.2) is 69.6 Å². The second kappa shape index (κ2) is 18.6. The Kier molecular flexibility index (Phi) is 14.3. The number of nitriles is 1. The van der Waals surface area contributed by atoms with Crippen molar-refractivity contribution in [3.63, 3.8) is 0 Å². The quantitative estimate of drug-likeness (QED) is 0.0983. The highest BCUT2D eigenvalue weighted by Crippen LogP contribution is 2.49. The van der Waals surface area contributed by atoms with Gasteiger partial charge in [-0.25, -0.2) is 14.1 Å².